The van der Waals surface area contributed by atoms with Crippen molar-refractivity contribution < 1.29 is 9.59 Å². The zero-order valence-corrected chi connectivity index (χ0v) is 18.2. The Morgan fingerprint density at radius 1 is 1.00 bits per heavy atom. The second-order valence-electron chi connectivity index (χ2n) is 8.13. The molecule has 6 heteroatoms. The number of carbonyl (C=O) groups is 2. The van der Waals surface area contributed by atoms with Crippen molar-refractivity contribution in [2.45, 2.75) is 32.4 Å². The molecule has 1 heterocycles. The van der Waals surface area contributed by atoms with Crippen LogP contribution in [0.3, 0.4) is 0 Å². The van der Waals surface area contributed by atoms with Gasteiger partial charge in [-0.1, -0.05) is 60.7 Å². The van der Waals surface area contributed by atoms with Crippen molar-refractivity contribution >= 4 is 23.3 Å². The van der Waals surface area contributed by atoms with Gasteiger partial charge in [0.25, 0.3) is 0 Å². The maximum absolute atomic E-state index is 13.0. The van der Waals surface area contributed by atoms with Crippen molar-refractivity contribution in [3.63, 3.8) is 0 Å². The van der Waals surface area contributed by atoms with Gasteiger partial charge in [0.2, 0.25) is 5.91 Å². The highest BCUT2D eigenvalue weighted by molar-refractivity contribution is 5.92. The third kappa shape index (κ3) is 4.91. The fourth-order valence-corrected chi connectivity index (χ4v) is 4.33. The monoisotopic (exact) mass is 428 g/mol. The third-order valence-electron chi connectivity index (χ3n) is 5.91. The van der Waals surface area contributed by atoms with E-state index in [2.05, 4.69) is 39.8 Å². The van der Waals surface area contributed by atoms with Crippen molar-refractivity contribution in [3.05, 3.63) is 95.1 Å². The number of carbonyl (C=O) groups excluding carboxylic acids is 2. The fraction of sp³-hybridized carbons (Fsp3) is 0.231. The van der Waals surface area contributed by atoms with Gasteiger partial charge in [0.1, 0.15) is 0 Å². The van der Waals surface area contributed by atoms with Crippen LogP contribution in [0.2, 0.25) is 0 Å². The number of nitrogens with zero attached hydrogens (tertiary/aromatic N) is 1. The summed E-state index contributed by atoms with van der Waals surface area (Å²) in [5.41, 5.74) is 11.7. The van der Waals surface area contributed by atoms with Gasteiger partial charge in [0, 0.05) is 24.5 Å². The van der Waals surface area contributed by atoms with E-state index in [0.717, 1.165) is 35.3 Å². The topological polar surface area (TPSA) is 87.5 Å². The predicted molar refractivity (Wildman–Crippen MR) is 128 cm³/mol. The molecular formula is C26H28N4O2. The molecule has 6 nitrogen and oxygen atoms in total. The maximum Gasteiger partial charge on any atom is 0.312 e. The summed E-state index contributed by atoms with van der Waals surface area (Å²) in [6, 6.07) is 22.8. The van der Waals surface area contributed by atoms with Gasteiger partial charge in [0.05, 0.1) is 12.5 Å². The third-order valence-corrected chi connectivity index (χ3v) is 5.91. The lowest BCUT2D eigenvalue weighted by Gasteiger charge is -2.22. The molecule has 32 heavy (non-hydrogen) atoms. The van der Waals surface area contributed by atoms with Crippen LogP contribution in [0.1, 0.15) is 34.7 Å². The normalized spacial score (nSPS) is 13.3. The smallest absolute Gasteiger partial charge is 0.312 e. The van der Waals surface area contributed by atoms with Crippen LogP contribution in [0.15, 0.2) is 72.8 Å². The van der Waals surface area contributed by atoms with E-state index in [1.54, 1.807) is 0 Å². The summed E-state index contributed by atoms with van der Waals surface area (Å²) < 4.78 is 0. The van der Waals surface area contributed by atoms with E-state index in [1.165, 1.54) is 11.3 Å². The summed E-state index contributed by atoms with van der Waals surface area (Å²) in [6.45, 7) is 3.62. The van der Waals surface area contributed by atoms with Gasteiger partial charge in [-0.15, -0.1) is 0 Å². The highest BCUT2D eigenvalue weighted by atomic mass is 16.2. The number of rotatable bonds is 7. The molecule has 0 saturated carbocycles. The maximum atomic E-state index is 13.0. The number of aryl methyl sites for hydroxylation is 1. The van der Waals surface area contributed by atoms with Crippen molar-refractivity contribution in [1.29, 1.82) is 0 Å². The first-order valence-electron chi connectivity index (χ1n) is 10.8. The van der Waals surface area contributed by atoms with Gasteiger partial charge in [-0.3, -0.25) is 4.79 Å². The largest absolute Gasteiger partial charge is 0.367 e. The number of anilines is 2. The van der Waals surface area contributed by atoms with E-state index in [4.69, 9.17) is 5.73 Å². The standard InChI is InChI=1S/C26H28N4O2/c1-18-8-2-5-11-21(18)23(29-26(27)32)16-25(31)28-22-12-6-3-10-20(22)17-30-15-14-19-9-4-7-13-24(19)30/h2-13,23H,14-17H2,1H3,(H,28,31)(H3,27,29,32). The van der Waals surface area contributed by atoms with Gasteiger partial charge < -0.3 is 21.3 Å². The molecule has 0 spiro atoms. The first-order chi connectivity index (χ1) is 15.5. The molecule has 0 saturated heterocycles. The molecule has 1 aliphatic rings. The van der Waals surface area contributed by atoms with Crippen molar-refractivity contribution in [1.82, 2.24) is 5.32 Å². The summed E-state index contributed by atoms with van der Waals surface area (Å²) in [5.74, 6) is -0.179. The molecule has 3 aromatic rings. The molecule has 3 amide bonds. The van der Waals surface area contributed by atoms with Crippen molar-refractivity contribution in [2.24, 2.45) is 5.73 Å². The summed E-state index contributed by atoms with van der Waals surface area (Å²) in [7, 11) is 0. The molecular weight excluding hydrogens is 400 g/mol. The Morgan fingerprint density at radius 2 is 1.72 bits per heavy atom. The van der Waals surface area contributed by atoms with Gasteiger partial charge in [-0.2, -0.15) is 0 Å². The number of nitrogens with one attached hydrogen (secondary N) is 2. The first-order valence-corrected chi connectivity index (χ1v) is 10.8. The van der Waals surface area contributed by atoms with Crippen LogP contribution in [-0.2, 0) is 17.8 Å². The molecule has 1 aliphatic heterocycles. The molecule has 164 valence electrons. The number of nitrogens with two attached hydrogens (primary N) is 1. The highest BCUT2D eigenvalue weighted by Crippen LogP contribution is 2.30. The summed E-state index contributed by atoms with van der Waals surface area (Å²) in [6.07, 6.45) is 1.12. The molecule has 1 atom stereocenters. The zero-order chi connectivity index (χ0) is 22.5. The number of urea groups is 1. The molecule has 4 N–H and O–H groups in total. The Bertz CT molecular complexity index is 1130. The number of para-hydroxylation sites is 2. The molecule has 0 radical (unpaired) electrons. The second-order valence-corrected chi connectivity index (χ2v) is 8.13. The second kappa shape index (κ2) is 9.56. The number of benzene rings is 3. The van der Waals surface area contributed by atoms with Crippen LogP contribution in [-0.4, -0.2) is 18.5 Å². The van der Waals surface area contributed by atoms with Crippen LogP contribution in [0, 0.1) is 6.92 Å². The van der Waals surface area contributed by atoms with Crippen LogP contribution >= 0.6 is 0 Å². The van der Waals surface area contributed by atoms with E-state index in [9.17, 15) is 9.59 Å². The predicted octanol–water partition coefficient (Wildman–Crippen LogP) is 4.30. The summed E-state index contributed by atoms with van der Waals surface area (Å²) in [4.78, 5) is 26.9. The van der Waals surface area contributed by atoms with Crippen LogP contribution in [0.5, 0.6) is 0 Å². The Kier molecular flexibility index (Phi) is 6.40. The highest BCUT2D eigenvalue weighted by Gasteiger charge is 2.22. The number of primary amides is 1. The number of fused-ring (bicyclic) bond motifs is 1. The fourth-order valence-electron chi connectivity index (χ4n) is 4.33. The van der Waals surface area contributed by atoms with E-state index in [0.29, 0.717) is 6.54 Å². The molecule has 0 aliphatic carbocycles. The Labute approximate surface area is 188 Å². The van der Waals surface area contributed by atoms with E-state index in [1.807, 2.05) is 55.5 Å². The molecule has 0 bridgehead atoms. The van der Waals surface area contributed by atoms with Gasteiger partial charge in [0.15, 0.2) is 0 Å². The van der Waals surface area contributed by atoms with Gasteiger partial charge in [-0.25, -0.2) is 4.79 Å². The minimum Gasteiger partial charge on any atom is -0.367 e. The quantitative estimate of drug-likeness (QED) is 0.524. The Balaban J connectivity index is 1.49. The number of hydrogen-bond donors (Lipinski definition) is 3. The van der Waals surface area contributed by atoms with Crippen LogP contribution < -0.4 is 21.3 Å². The molecule has 0 fully saturated rings. The lowest BCUT2D eigenvalue weighted by Crippen LogP contribution is -2.35. The van der Waals surface area contributed by atoms with Crippen LogP contribution in [0.25, 0.3) is 0 Å². The first kappa shape index (κ1) is 21.4. The van der Waals surface area contributed by atoms with Gasteiger partial charge >= 0.3 is 6.03 Å². The van der Waals surface area contributed by atoms with Gasteiger partial charge in [-0.05, 0) is 47.7 Å². The lowest BCUT2D eigenvalue weighted by molar-refractivity contribution is -0.116. The molecule has 1 unspecified atom stereocenters. The van der Waals surface area contributed by atoms with Crippen LogP contribution in [0.4, 0.5) is 16.2 Å². The minimum absolute atomic E-state index is 0.0919. The van der Waals surface area contributed by atoms with E-state index >= 15 is 0 Å². The Hall–Kier alpha value is -3.80. The van der Waals surface area contributed by atoms with Crippen molar-refractivity contribution in [3.8, 4) is 0 Å². The number of hydrogen-bond acceptors (Lipinski definition) is 3. The van der Waals surface area contributed by atoms with Crippen molar-refractivity contribution in [2.75, 3.05) is 16.8 Å². The van der Waals surface area contributed by atoms with E-state index in [-0.39, 0.29) is 12.3 Å². The Morgan fingerprint density at radius 3 is 2.53 bits per heavy atom. The lowest BCUT2D eigenvalue weighted by atomic mass is 9.98. The summed E-state index contributed by atoms with van der Waals surface area (Å²) >= 11 is 0. The molecule has 0 aromatic heterocycles. The molecule has 4 rings (SSSR count). The number of amides is 3. The average Bonchev–Trinajstić information content (AvgIpc) is 3.17. The molecule has 3 aromatic carbocycles. The zero-order valence-electron chi connectivity index (χ0n) is 18.2. The van der Waals surface area contributed by atoms with E-state index < -0.39 is 12.1 Å². The SMILES string of the molecule is Cc1ccccc1C(CC(=O)Nc1ccccc1CN1CCc2ccccc21)NC(N)=O. The summed E-state index contributed by atoms with van der Waals surface area (Å²) in [5, 5.41) is 5.75. The average molecular weight is 429 g/mol. The minimum atomic E-state index is -0.654.